The Morgan fingerprint density at radius 3 is 2.56 bits per heavy atom. The van der Waals surface area contributed by atoms with E-state index in [0.717, 1.165) is 25.3 Å². The molecular weight excluding hydrogens is 481 g/mol. The van der Waals surface area contributed by atoms with Gasteiger partial charge in [0, 0.05) is 31.5 Å². The van der Waals surface area contributed by atoms with Crippen LogP contribution in [-0.4, -0.2) is 66.1 Å². The second kappa shape index (κ2) is 11.9. The first kappa shape index (κ1) is 28.7. The molecular formula is C20H28B2N2O8PS+. The molecule has 0 bridgehead atoms. The molecule has 0 aliphatic carbocycles. The van der Waals surface area contributed by atoms with Gasteiger partial charge in [0.05, 0.1) is 11.5 Å². The third-order valence-corrected chi connectivity index (χ3v) is 6.84. The fourth-order valence-corrected chi connectivity index (χ4v) is 5.23. The number of hydrogen-bond donors (Lipinski definition) is 4. The van der Waals surface area contributed by atoms with Crippen molar-refractivity contribution < 1.29 is 33.4 Å². The number of hydrogen-bond acceptors (Lipinski definition) is 9. The summed E-state index contributed by atoms with van der Waals surface area (Å²) < 4.78 is 24.5. The minimum Gasteiger partial charge on any atom is -0.400 e. The zero-order chi connectivity index (χ0) is 25.7. The van der Waals surface area contributed by atoms with E-state index >= 15 is 0 Å². The Balaban J connectivity index is 0.000000970. The molecule has 3 atom stereocenters. The average molecular weight is 509 g/mol. The van der Waals surface area contributed by atoms with Crippen molar-refractivity contribution in [3.63, 3.8) is 0 Å². The first-order chi connectivity index (χ1) is 16.1. The molecule has 0 amide bonds. The molecule has 1 aromatic heterocycles. The fraction of sp³-hybridized carbons (Fsp3) is 0.500. The Morgan fingerprint density at radius 1 is 1.21 bits per heavy atom. The van der Waals surface area contributed by atoms with Crippen LogP contribution in [0, 0.1) is 18.6 Å². The summed E-state index contributed by atoms with van der Waals surface area (Å²) in [7, 11) is 10.5. The number of H-pyrrole nitrogens is 1. The Labute approximate surface area is 206 Å². The zero-order valence-corrected chi connectivity index (χ0v) is 21.1. The van der Waals surface area contributed by atoms with E-state index in [1.807, 2.05) is 25.1 Å². The molecule has 34 heavy (non-hydrogen) atoms. The largest absolute Gasteiger partial charge is 0.618 e. The van der Waals surface area contributed by atoms with Gasteiger partial charge < -0.3 is 14.9 Å². The monoisotopic (exact) mass is 509 g/mol. The van der Waals surface area contributed by atoms with Crippen LogP contribution in [0.15, 0.2) is 29.2 Å². The lowest BCUT2D eigenvalue weighted by atomic mass is 9.61. The molecule has 4 rings (SSSR count). The van der Waals surface area contributed by atoms with Crippen molar-refractivity contribution in [2.75, 3.05) is 14.2 Å². The molecule has 4 radical (unpaired) electrons. The summed E-state index contributed by atoms with van der Waals surface area (Å²) in [5.74, 6) is 0.496. The number of aryl methyl sites for hydroxylation is 2. The van der Waals surface area contributed by atoms with E-state index in [2.05, 4.69) is 4.98 Å². The van der Waals surface area contributed by atoms with Gasteiger partial charge in [-0.25, -0.2) is 0 Å². The number of aromatic amines is 1. The molecule has 0 spiro atoms. The van der Waals surface area contributed by atoms with Crippen molar-refractivity contribution >= 4 is 36.1 Å². The van der Waals surface area contributed by atoms with Crippen molar-refractivity contribution in [2.45, 2.75) is 51.0 Å². The van der Waals surface area contributed by atoms with E-state index in [4.69, 9.17) is 56.4 Å². The molecule has 1 saturated heterocycles. The smallest absolute Gasteiger partial charge is 0.400 e. The highest BCUT2D eigenvalue weighted by atomic mass is 32.1. The van der Waals surface area contributed by atoms with Gasteiger partial charge in [-0.3, -0.25) is 18.9 Å². The number of rotatable bonds is 4. The lowest BCUT2D eigenvalue weighted by molar-refractivity contribution is -0.0555. The molecule has 1 aromatic carbocycles. The number of aromatic nitrogens is 2. The maximum absolute atomic E-state index is 11.7. The van der Waals surface area contributed by atoms with E-state index < -0.39 is 25.9 Å². The van der Waals surface area contributed by atoms with E-state index in [-0.39, 0.29) is 16.9 Å². The van der Waals surface area contributed by atoms with Crippen LogP contribution in [0.4, 0.5) is 0 Å². The van der Waals surface area contributed by atoms with Gasteiger partial charge in [0.2, 0.25) is 0 Å². The average Bonchev–Trinajstić information content (AvgIpc) is 3.30. The standard InChI is InChI=1S/C18H19B2N2O6PS.2CH4O/c1-10-4-3-5-12-9-25-29(24,27-15(10)12)28-18(19,20)13-6-7-14(26-13)22-8-11(2)16(23)21-17(22)30;2*1-2/h3-5,8,13-14,24H,6-7,9H2,1-2H3;2*2H,1H3/p+1. The van der Waals surface area contributed by atoms with Crippen LogP contribution < -0.4 is 10.1 Å². The molecule has 3 heterocycles. The maximum atomic E-state index is 11.7. The summed E-state index contributed by atoms with van der Waals surface area (Å²) in [6.07, 6.45) is 1.33. The topological polar surface area (TPSA) is 135 Å². The Kier molecular flexibility index (Phi) is 10.1. The summed E-state index contributed by atoms with van der Waals surface area (Å²) in [6.45, 7) is 3.64. The molecule has 14 heteroatoms. The van der Waals surface area contributed by atoms with E-state index in [0.29, 0.717) is 24.2 Å². The number of aliphatic hydroxyl groups excluding tert-OH is 2. The quantitative estimate of drug-likeness (QED) is 0.276. The van der Waals surface area contributed by atoms with Crippen LogP contribution in [0.1, 0.15) is 35.8 Å². The number of aliphatic hydroxyl groups is 2. The van der Waals surface area contributed by atoms with Crippen LogP contribution in [0.2, 0.25) is 0 Å². The summed E-state index contributed by atoms with van der Waals surface area (Å²) in [5.41, 5.74) is 1.87. The minimum atomic E-state index is -3.82. The highest BCUT2D eigenvalue weighted by Crippen LogP contribution is 2.64. The fourth-order valence-electron chi connectivity index (χ4n) is 3.51. The third-order valence-electron chi connectivity index (χ3n) is 5.11. The lowest BCUT2D eigenvalue weighted by Gasteiger charge is -2.33. The maximum Gasteiger partial charge on any atom is 0.618 e. The molecule has 2 aliphatic heterocycles. The van der Waals surface area contributed by atoms with Gasteiger partial charge in [-0.15, -0.1) is 4.52 Å². The molecule has 2 aromatic rings. The SMILES string of the molecule is CO.CO.[B]C([B])(O[P+]1(O)OCc2cccc(C)c2O1)C1CCC(n2cc(C)c(=O)[nH]c2=S)O1. The predicted octanol–water partition coefficient (Wildman–Crippen LogP) is 1.70. The van der Waals surface area contributed by atoms with Crippen LogP contribution in [0.25, 0.3) is 0 Å². The van der Waals surface area contributed by atoms with Crippen molar-refractivity contribution in [3.8, 4) is 5.75 Å². The van der Waals surface area contributed by atoms with Crippen LogP contribution in [0.3, 0.4) is 0 Å². The summed E-state index contributed by atoms with van der Waals surface area (Å²) in [5, 5.41) is 12.1. The number of ether oxygens (including phenoxy) is 1. The highest BCUT2D eigenvalue weighted by molar-refractivity contribution is 7.71. The number of para-hydroxylation sites is 1. The Bertz CT molecular complexity index is 1100. The first-order valence-corrected chi connectivity index (χ1v) is 12.2. The van der Waals surface area contributed by atoms with Gasteiger partial charge in [-0.2, -0.15) is 9.42 Å². The van der Waals surface area contributed by atoms with E-state index in [1.54, 1.807) is 17.7 Å². The van der Waals surface area contributed by atoms with Gasteiger partial charge in [-0.1, -0.05) is 18.2 Å². The number of fused-ring (bicyclic) bond motifs is 1. The normalized spacial score (nSPS) is 23.5. The van der Waals surface area contributed by atoms with Gasteiger partial charge in [-0.05, 0) is 44.5 Å². The van der Waals surface area contributed by atoms with Gasteiger partial charge in [0.15, 0.2) is 10.5 Å². The molecule has 1 fully saturated rings. The second-order valence-corrected chi connectivity index (χ2v) is 9.42. The Morgan fingerprint density at radius 2 is 1.88 bits per heavy atom. The van der Waals surface area contributed by atoms with Gasteiger partial charge in [0.25, 0.3) is 5.56 Å². The predicted molar refractivity (Wildman–Crippen MR) is 131 cm³/mol. The molecule has 0 saturated carbocycles. The second-order valence-electron chi connectivity index (χ2n) is 7.48. The summed E-state index contributed by atoms with van der Waals surface area (Å²) >= 11 is 5.22. The van der Waals surface area contributed by atoms with Gasteiger partial charge in [0.1, 0.15) is 28.5 Å². The molecule has 182 valence electrons. The summed E-state index contributed by atoms with van der Waals surface area (Å²) in [4.78, 5) is 25.1. The van der Waals surface area contributed by atoms with Crippen molar-refractivity contribution in [3.05, 3.63) is 56.2 Å². The molecule has 3 unspecified atom stereocenters. The lowest BCUT2D eigenvalue weighted by Crippen LogP contribution is -2.47. The molecule has 4 N–H and O–H groups in total. The third kappa shape index (κ3) is 6.35. The van der Waals surface area contributed by atoms with E-state index in [9.17, 15) is 9.69 Å². The zero-order valence-electron chi connectivity index (χ0n) is 19.4. The highest BCUT2D eigenvalue weighted by Gasteiger charge is 2.56. The number of nitrogens with one attached hydrogen (secondary N) is 1. The molecule has 2 aliphatic rings. The van der Waals surface area contributed by atoms with Crippen molar-refractivity contribution in [1.82, 2.24) is 9.55 Å². The minimum absolute atomic E-state index is 0.108. The van der Waals surface area contributed by atoms with E-state index in [1.165, 1.54) is 0 Å². The number of nitrogens with zero attached hydrogens (tertiary/aromatic N) is 1. The van der Waals surface area contributed by atoms with Crippen molar-refractivity contribution in [2.24, 2.45) is 0 Å². The van der Waals surface area contributed by atoms with Gasteiger partial charge >= 0.3 is 8.17 Å². The van der Waals surface area contributed by atoms with Crippen LogP contribution >= 0.6 is 20.4 Å². The van der Waals surface area contributed by atoms with Crippen LogP contribution in [-0.2, 0) is 20.4 Å². The Hall–Kier alpha value is -1.56. The van der Waals surface area contributed by atoms with Crippen LogP contribution in [0.5, 0.6) is 5.75 Å². The molecule has 10 nitrogen and oxygen atoms in total. The summed E-state index contributed by atoms with van der Waals surface area (Å²) in [6, 6.07) is 5.56. The first-order valence-electron chi connectivity index (χ1n) is 10.3. The number of benzene rings is 1. The van der Waals surface area contributed by atoms with Crippen molar-refractivity contribution in [1.29, 1.82) is 0 Å².